The highest BCUT2D eigenvalue weighted by Gasteiger charge is 2.61. The molecule has 0 radical (unpaired) electrons. The van der Waals surface area contributed by atoms with Crippen molar-refractivity contribution in [3.8, 4) is 0 Å². The summed E-state index contributed by atoms with van der Waals surface area (Å²) in [6.07, 6.45) is 11.3. The molecule has 1 N–H and O–H groups in total. The number of hydrogen-bond acceptors (Lipinski definition) is 3. The number of carbonyl (C=O) groups is 2. The van der Waals surface area contributed by atoms with Gasteiger partial charge in [0.15, 0.2) is 0 Å². The van der Waals surface area contributed by atoms with Gasteiger partial charge in [0.2, 0.25) is 5.91 Å². The average molecular weight is 477 g/mol. The summed E-state index contributed by atoms with van der Waals surface area (Å²) in [7, 11) is 2.04. The first-order valence-electron chi connectivity index (χ1n) is 13.8. The van der Waals surface area contributed by atoms with Crippen molar-refractivity contribution in [2.75, 3.05) is 13.7 Å². The summed E-state index contributed by atoms with van der Waals surface area (Å²) in [6, 6.07) is 8.53. The number of para-hydroxylation sites is 1. The van der Waals surface area contributed by atoms with Crippen LogP contribution >= 0.6 is 0 Å². The number of hydrogen-bond donors (Lipinski definition) is 1. The molecule has 0 bridgehead atoms. The standard InChI is InChI=1S/C30H40N2O3/c1-29-14-12-24-22(9-11-26-30(24,2)15-13-27(33)32(26)3)23(29)10-8-20(29)18-35-28(34)16-19-17-31-25-7-5-4-6-21(19)25/h4-7,17,20,22-24,26,31H,8-16,18H2,1-3H3/t20?,22-,23-,24+,26?,29+,30+/m0/s1. The van der Waals surface area contributed by atoms with Crippen molar-refractivity contribution in [3.05, 3.63) is 36.0 Å². The molecule has 1 aliphatic heterocycles. The minimum absolute atomic E-state index is 0.113. The summed E-state index contributed by atoms with van der Waals surface area (Å²) in [5.74, 6) is 2.88. The summed E-state index contributed by atoms with van der Waals surface area (Å²) in [4.78, 5) is 30.5. The molecular weight excluding hydrogens is 436 g/mol. The Labute approximate surface area is 209 Å². The van der Waals surface area contributed by atoms with Crippen molar-refractivity contribution in [1.82, 2.24) is 9.88 Å². The number of aromatic nitrogens is 1. The van der Waals surface area contributed by atoms with Crippen LogP contribution in [-0.4, -0.2) is 41.5 Å². The fourth-order valence-electron chi connectivity index (χ4n) is 9.21. The zero-order chi connectivity index (χ0) is 24.4. The first-order valence-corrected chi connectivity index (χ1v) is 13.8. The molecular formula is C30H40N2O3. The number of nitrogens with one attached hydrogen (secondary N) is 1. The fourth-order valence-corrected chi connectivity index (χ4v) is 9.21. The van der Waals surface area contributed by atoms with Crippen molar-refractivity contribution < 1.29 is 14.3 Å². The van der Waals surface area contributed by atoms with E-state index in [9.17, 15) is 9.59 Å². The highest BCUT2D eigenvalue weighted by molar-refractivity contribution is 5.87. The summed E-state index contributed by atoms with van der Waals surface area (Å²) in [5.41, 5.74) is 2.61. The van der Waals surface area contributed by atoms with Gasteiger partial charge in [-0.2, -0.15) is 0 Å². The van der Waals surface area contributed by atoms with Gasteiger partial charge in [-0.05, 0) is 91.1 Å². The van der Waals surface area contributed by atoms with Gasteiger partial charge in [-0.25, -0.2) is 0 Å². The molecule has 4 fully saturated rings. The highest BCUT2D eigenvalue weighted by atomic mass is 16.5. The lowest BCUT2D eigenvalue weighted by atomic mass is 9.47. The SMILES string of the molecule is CN1C(=O)CC[C@@]2(C)C1CC[C@@H]1[C@H]2CC[C@]2(C)C(COC(=O)Cc3c[nH]c4ccccc34)CC[C@@H]12. The number of fused-ring (bicyclic) bond motifs is 6. The molecule has 7 atom stereocenters. The summed E-state index contributed by atoms with van der Waals surface area (Å²) in [5, 5.41) is 1.11. The number of amides is 1. The second-order valence-corrected chi connectivity index (χ2v) is 12.5. The van der Waals surface area contributed by atoms with Crippen molar-refractivity contribution in [2.45, 2.75) is 77.7 Å². The number of benzene rings is 1. The first-order chi connectivity index (χ1) is 16.8. The minimum atomic E-state index is -0.113. The van der Waals surface area contributed by atoms with Crippen LogP contribution < -0.4 is 0 Å². The molecule has 3 saturated carbocycles. The second kappa shape index (κ2) is 8.38. The Bertz CT molecular complexity index is 1140. The lowest BCUT2D eigenvalue weighted by Crippen LogP contribution is -2.61. The smallest absolute Gasteiger partial charge is 0.310 e. The molecule has 4 aliphatic rings. The molecule has 5 heteroatoms. The van der Waals surface area contributed by atoms with E-state index in [0.29, 0.717) is 37.3 Å². The monoisotopic (exact) mass is 476 g/mol. The van der Waals surface area contributed by atoms with Crippen LogP contribution in [0.5, 0.6) is 0 Å². The molecule has 1 aromatic heterocycles. The molecule has 2 unspecified atom stereocenters. The van der Waals surface area contributed by atoms with Crippen molar-refractivity contribution in [3.63, 3.8) is 0 Å². The molecule has 1 saturated heterocycles. The van der Waals surface area contributed by atoms with Gasteiger partial charge in [-0.1, -0.05) is 32.0 Å². The summed E-state index contributed by atoms with van der Waals surface area (Å²) >= 11 is 0. The van der Waals surface area contributed by atoms with Crippen LogP contribution in [0.3, 0.4) is 0 Å². The molecule has 2 heterocycles. The molecule has 1 aromatic carbocycles. The molecule has 3 aliphatic carbocycles. The van der Waals surface area contributed by atoms with Crippen LogP contribution in [0.25, 0.3) is 10.9 Å². The first kappa shape index (κ1) is 23.1. The van der Waals surface area contributed by atoms with Gasteiger partial charge in [-0.3, -0.25) is 9.59 Å². The fraction of sp³-hybridized carbons (Fsp3) is 0.667. The van der Waals surface area contributed by atoms with Crippen molar-refractivity contribution >= 4 is 22.8 Å². The third-order valence-electron chi connectivity index (χ3n) is 11.2. The molecule has 188 valence electrons. The number of aromatic amines is 1. The predicted octanol–water partition coefficient (Wildman–Crippen LogP) is 5.73. The van der Waals surface area contributed by atoms with Crippen LogP contribution in [0.15, 0.2) is 30.5 Å². The van der Waals surface area contributed by atoms with Crippen LogP contribution in [0.2, 0.25) is 0 Å². The van der Waals surface area contributed by atoms with Gasteiger partial charge in [0.05, 0.1) is 13.0 Å². The van der Waals surface area contributed by atoms with E-state index < -0.39 is 0 Å². The molecule has 1 amide bonds. The summed E-state index contributed by atoms with van der Waals surface area (Å²) < 4.78 is 5.93. The predicted molar refractivity (Wildman–Crippen MR) is 137 cm³/mol. The number of nitrogens with zero attached hydrogens (tertiary/aromatic N) is 1. The van der Waals surface area contributed by atoms with Crippen LogP contribution in [-0.2, 0) is 20.7 Å². The third-order valence-corrected chi connectivity index (χ3v) is 11.2. The Balaban J connectivity index is 1.12. The van der Waals surface area contributed by atoms with E-state index in [-0.39, 0.29) is 16.8 Å². The highest BCUT2D eigenvalue weighted by Crippen LogP contribution is 2.66. The van der Waals surface area contributed by atoms with Gasteiger partial charge in [-0.15, -0.1) is 0 Å². The number of carbonyl (C=O) groups excluding carboxylic acids is 2. The van der Waals surface area contributed by atoms with Gasteiger partial charge in [0.1, 0.15) is 0 Å². The third kappa shape index (κ3) is 3.55. The Hall–Kier alpha value is -2.30. The maximum absolute atomic E-state index is 12.8. The van der Waals surface area contributed by atoms with Crippen molar-refractivity contribution in [2.24, 2.45) is 34.5 Å². The minimum Gasteiger partial charge on any atom is -0.465 e. The molecule has 35 heavy (non-hydrogen) atoms. The van der Waals surface area contributed by atoms with Gasteiger partial charge >= 0.3 is 5.97 Å². The molecule has 5 nitrogen and oxygen atoms in total. The molecule has 6 rings (SSSR count). The number of ether oxygens (including phenoxy) is 1. The average Bonchev–Trinajstić information content (AvgIpc) is 3.41. The van der Waals surface area contributed by atoms with E-state index in [1.165, 1.54) is 32.1 Å². The zero-order valence-electron chi connectivity index (χ0n) is 21.5. The van der Waals surface area contributed by atoms with Gasteiger partial charge < -0.3 is 14.6 Å². The van der Waals surface area contributed by atoms with Crippen molar-refractivity contribution in [1.29, 1.82) is 0 Å². The maximum Gasteiger partial charge on any atom is 0.310 e. The lowest BCUT2D eigenvalue weighted by Gasteiger charge is -2.61. The lowest BCUT2D eigenvalue weighted by molar-refractivity contribution is -0.160. The number of likely N-dealkylation sites (tertiary alicyclic amines) is 1. The maximum atomic E-state index is 12.8. The van der Waals surface area contributed by atoms with Crippen LogP contribution in [0.4, 0.5) is 0 Å². The Morgan fingerprint density at radius 2 is 1.86 bits per heavy atom. The Morgan fingerprint density at radius 1 is 1.06 bits per heavy atom. The second-order valence-electron chi connectivity index (χ2n) is 12.5. The van der Waals surface area contributed by atoms with E-state index in [1.807, 2.05) is 31.4 Å². The number of H-pyrrole nitrogens is 1. The molecule has 2 aromatic rings. The van der Waals surface area contributed by atoms with E-state index in [0.717, 1.165) is 47.1 Å². The summed E-state index contributed by atoms with van der Waals surface area (Å²) in [6.45, 7) is 5.53. The van der Waals surface area contributed by atoms with E-state index in [1.54, 1.807) is 0 Å². The van der Waals surface area contributed by atoms with Crippen LogP contribution in [0, 0.1) is 34.5 Å². The number of piperidine rings is 1. The topological polar surface area (TPSA) is 62.4 Å². The number of esters is 1. The normalized spacial score (nSPS) is 38.7. The quantitative estimate of drug-likeness (QED) is 0.573. The number of rotatable bonds is 4. The van der Waals surface area contributed by atoms with Gasteiger partial charge in [0, 0.05) is 36.6 Å². The molecule has 0 spiro atoms. The Kier molecular flexibility index (Phi) is 5.54. The van der Waals surface area contributed by atoms with Crippen LogP contribution in [0.1, 0.15) is 70.8 Å². The van der Waals surface area contributed by atoms with E-state index in [2.05, 4.69) is 29.8 Å². The Morgan fingerprint density at radius 3 is 2.71 bits per heavy atom. The zero-order valence-corrected chi connectivity index (χ0v) is 21.5. The van der Waals surface area contributed by atoms with E-state index >= 15 is 0 Å². The van der Waals surface area contributed by atoms with Gasteiger partial charge in [0.25, 0.3) is 0 Å². The largest absolute Gasteiger partial charge is 0.465 e. The van der Waals surface area contributed by atoms with E-state index in [4.69, 9.17) is 4.74 Å².